The Morgan fingerprint density at radius 2 is 2.21 bits per heavy atom. The Morgan fingerprint density at radius 1 is 1.43 bits per heavy atom. The molecule has 1 fully saturated rings. The Hall–Kier alpha value is -0.350. The summed E-state index contributed by atoms with van der Waals surface area (Å²) in [5, 5.41) is 7.14. The van der Waals surface area contributed by atoms with Crippen molar-refractivity contribution in [3.63, 3.8) is 0 Å². The summed E-state index contributed by atoms with van der Waals surface area (Å²) in [6.07, 6.45) is 3.48. The fraction of sp³-hybridized carbons (Fsp3) is 0.900. The first-order valence-electron chi connectivity index (χ1n) is 5.42. The van der Waals surface area contributed by atoms with Crippen LogP contribution in [0.25, 0.3) is 0 Å². The summed E-state index contributed by atoms with van der Waals surface area (Å²) < 4.78 is 5.30. The van der Waals surface area contributed by atoms with E-state index in [0.29, 0.717) is 0 Å². The molecule has 0 spiro atoms. The van der Waals surface area contributed by atoms with E-state index in [4.69, 9.17) is 17.0 Å². The minimum atomic E-state index is 0.733. The molecule has 3 nitrogen and oxygen atoms in total. The first-order chi connectivity index (χ1) is 6.83. The molecule has 0 aromatic rings. The van der Waals surface area contributed by atoms with Gasteiger partial charge in [0.2, 0.25) is 0 Å². The maximum atomic E-state index is 5.30. The molecule has 0 amide bonds. The fourth-order valence-electron chi connectivity index (χ4n) is 1.50. The van der Waals surface area contributed by atoms with Crippen LogP contribution in [0.1, 0.15) is 26.2 Å². The van der Waals surface area contributed by atoms with E-state index in [1.54, 1.807) is 0 Å². The van der Waals surface area contributed by atoms with Crippen LogP contribution in [-0.4, -0.2) is 31.4 Å². The van der Waals surface area contributed by atoms with E-state index in [9.17, 15) is 0 Å². The first kappa shape index (κ1) is 11.7. The van der Waals surface area contributed by atoms with Gasteiger partial charge in [0.05, 0.1) is 0 Å². The van der Waals surface area contributed by atoms with Crippen molar-refractivity contribution in [2.24, 2.45) is 5.92 Å². The zero-order valence-electron chi connectivity index (χ0n) is 8.84. The molecule has 1 saturated heterocycles. The minimum absolute atomic E-state index is 0.733. The number of hydrogen-bond donors (Lipinski definition) is 2. The number of ether oxygens (including phenoxy) is 1. The van der Waals surface area contributed by atoms with E-state index in [-0.39, 0.29) is 0 Å². The van der Waals surface area contributed by atoms with Gasteiger partial charge in [-0.15, -0.1) is 0 Å². The number of nitrogens with one attached hydrogen (secondary N) is 2. The van der Waals surface area contributed by atoms with Crippen LogP contribution in [0.5, 0.6) is 0 Å². The lowest BCUT2D eigenvalue weighted by atomic mass is 10.1. The fourth-order valence-corrected chi connectivity index (χ4v) is 1.71. The molecule has 82 valence electrons. The van der Waals surface area contributed by atoms with Crippen molar-refractivity contribution in [3.05, 3.63) is 0 Å². The third-order valence-corrected chi connectivity index (χ3v) is 2.69. The van der Waals surface area contributed by atoms with E-state index in [2.05, 4.69) is 17.6 Å². The molecular formula is C10H20N2OS. The van der Waals surface area contributed by atoms with E-state index in [0.717, 1.165) is 50.2 Å². The van der Waals surface area contributed by atoms with Crippen molar-refractivity contribution in [3.8, 4) is 0 Å². The average Bonchev–Trinajstić information content (AvgIpc) is 2.67. The Bertz CT molecular complexity index is 170. The smallest absolute Gasteiger partial charge is 0.166 e. The summed E-state index contributed by atoms with van der Waals surface area (Å²) in [6.45, 7) is 5.91. The highest BCUT2D eigenvalue weighted by Gasteiger charge is 2.14. The summed E-state index contributed by atoms with van der Waals surface area (Å²) in [7, 11) is 0. The molecule has 0 radical (unpaired) electrons. The van der Waals surface area contributed by atoms with Crippen molar-refractivity contribution >= 4 is 17.3 Å². The van der Waals surface area contributed by atoms with Crippen molar-refractivity contribution in [1.82, 2.24) is 10.6 Å². The zero-order valence-corrected chi connectivity index (χ0v) is 9.66. The van der Waals surface area contributed by atoms with Crippen LogP contribution in [0.3, 0.4) is 0 Å². The molecule has 0 aromatic heterocycles. The normalized spacial score (nSPS) is 20.8. The van der Waals surface area contributed by atoms with Gasteiger partial charge >= 0.3 is 0 Å². The van der Waals surface area contributed by atoms with Crippen molar-refractivity contribution in [2.75, 3.05) is 26.3 Å². The van der Waals surface area contributed by atoms with Gasteiger partial charge in [-0.1, -0.05) is 6.92 Å². The summed E-state index contributed by atoms with van der Waals surface area (Å²) in [6, 6.07) is 0. The van der Waals surface area contributed by atoms with Crippen LogP contribution in [0, 0.1) is 5.92 Å². The van der Waals surface area contributed by atoms with Crippen molar-refractivity contribution in [1.29, 1.82) is 0 Å². The predicted molar refractivity (Wildman–Crippen MR) is 62.4 cm³/mol. The summed E-state index contributed by atoms with van der Waals surface area (Å²) in [5.41, 5.74) is 0. The van der Waals surface area contributed by atoms with Crippen LogP contribution < -0.4 is 10.6 Å². The van der Waals surface area contributed by atoms with Crippen LogP contribution in [0.2, 0.25) is 0 Å². The van der Waals surface area contributed by atoms with Crippen molar-refractivity contribution < 1.29 is 4.74 Å². The molecular weight excluding hydrogens is 196 g/mol. The monoisotopic (exact) mass is 216 g/mol. The number of hydrogen-bond acceptors (Lipinski definition) is 2. The van der Waals surface area contributed by atoms with Crippen LogP contribution in [-0.2, 0) is 4.74 Å². The lowest BCUT2D eigenvalue weighted by Gasteiger charge is -2.11. The quantitative estimate of drug-likeness (QED) is 0.679. The average molecular weight is 216 g/mol. The van der Waals surface area contributed by atoms with Gasteiger partial charge in [0.1, 0.15) is 0 Å². The lowest BCUT2D eigenvalue weighted by molar-refractivity contribution is 0.184. The van der Waals surface area contributed by atoms with E-state index < -0.39 is 0 Å². The predicted octanol–water partition coefficient (Wildman–Crippen LogP) is 1.29. The Labute approximate surface area is 91.6 Å². The molecule has 1 rings (SSSR count). The van der Waals surface area contributed by atoms with Gasteiger partial charge in [0, 0.05) is 26.3 Å². The molecule has 1 atom stereocenters. The molecule has 0 saturated carbocycles. The second kappa shape index (κ2) is 7.01. The molecule has 0 bridgehead atoms. The number of thiocarbonyl (C=S) groups is 1. The van der Waals surface area contributed by atoms with Crippen LogP contribution in [0.15, 0.2) is 0 Å². The van der Waals surface area contributed by atoms with Gasteiger partial charge in [-0.3, -0.25) is 0 Å². The second-order valence-electron chi connectivity index (χ2n) is 3.70. The molecule has 14 heavy (non-hydrogen) atoms. The van der Waals surface area contributed by atoms with Gasteiger partial charge in [0.25, 0.3) is 0 Å². The summed E-state index contributed by atoms with van der Waals surface area (Å²) in [4.78, 5) is 0. The second-order valence-corrected chi connectivity index (χ2v) is 4.11. The molecule has 1 heterocycles. The van der Waals surface area contributed by atoms with Crippen LogP contribution in [0.4, 0.5) is 0 Å². The molecule has 1 aliphatic heterocycles. The van der Waals surface area contributed by atoms with Gasteiger partial charge in [-0.05, 0) is 37.4 Å². The van der Waals surface area contributed by atoms with Gasteiger partial charge in [-0.2, -0.15) is 0 Å². The first-order valence-corrected chi connectivity index (χ1v) is 5.83. The van der Waals surface area contributed by atoms with Crippen LogP contribution >= 0.6 is 12.2 Å². The highest BCUT2D eigenvalue weighted by Crippen LogP contribution is 2.14. The highest BCUT2D eigenvalue weighted by molar-refractivity contribution is 7.80. The van der Waals surface area contributed by atoms with E-state index in [1.807, 2.05) is 0 Å². The van der Waals surface area contributed by atoms with E-state index in [1.165, 1.54) is 6.42 Å². The Balaban J connectivity index is 1.94. The zero-order chi connectivity index (χ0) is 10.2. The van der Waals surface area contributed by atoms with E-state index >= 15 is 0 Å². The molecule has 0 aliphatic carbocycles. The summed E-state index contributed by atoms with van der Waals surface area (Å²) >= 11 is 5.11. The number of rotatable bonds is 5. The third-order valence-electron chi connectivity index (χ3n) is 2.40. The van der Waals surface area contributed by atoms with Gasteiger partial charge < -0.3 is 15.4 Å². The Morgan fingerprint density at radius 3 is 2.86 bits per heavy atom. The lowest BCUT2D eigenvalue weighted by Crippen LogP contribution is -2.36. The molecule has 4 heteroatoms. The largest absolute Gasteiger partial charge is 0.381 e. The standard InChI is InChI=1S/C10H20N2OS/c1-2-5-11-10(14)12-6-3-9-4-7-13-8-9/h9H,2-8H2,1H3,(H2,11,12,14). The maximum Gasteiger partial charge on any atom is 0.166 e. The molecule has 1 unspecified atom stereocenters. The highest BCUT2D eigenvalue weighted by atomic mass is 32.1. The topological polar surface area (TPSA) is 33.3 Å². The summed E-state index contributed by atoms with van der Waals surface area (Å²) in [5.74, 6) is 0.733. The molecule has 0 aromatic carbocycles. The van der Waals surface area contributed by atoms with Gasteiger partial charge in [-0.25, -0.2) is 0 Å². The molecule has 1 aliphatic rings. The maximum absolute atomic E-state index is 5.30. The van der Waals surface area contributed by atoms with Gasteiger partial charge in [0.15, 0.2) is 5.11 Å². The van der Waals surface area contributed by atoms with Crippen molar-refractivity contribution in [2.45, 2.75) is 26.2 Å². The SMILES string of the molecule is CCCNC(=S)NCCC1CCOC1. The minimum Gasteiger partial charge on any atom is -0.381 e. The third kappa shape index (κ3) is 4.77. The Kier molecular flexibility index (Phi) is 5.87. The molecule has 2 N–H and O–H groups in total.